The number of hydrogen-bond acceptors (Lipinski definition) is 5. The molecule has 2 N–H and O–H groups in total. The van der Waals surface area contributed by atoms with Crippen LogP contribution in [0.15, 0.2) is 95.0 Å². The summed E-state index contributed by atoms with van der Waals surface area (Å²) in [6.07, 6.45) is 3.03. The number of carbonyl (C=O) groups is 1. The van der Waals surface area contributed by atoms with E-state index in [1.54, 1.807) is 18.3 Å². The number of aromatic amines is 1. The minimum absolute atomic E-state index is 0.0618. The summed E-state index contributed by atoms with van der Waals surface area (Å²) in [6, 6.07) is 23.9. The summed E-state index contributed by atoms with van der Waals surface area (Å²) in [5.41, 5.74) is 4.76. The summed E-state index contributed by atoms with van der Waals surface area (Å²) in [5.74, 6) is -0.637. The number of hydrazone groups is 1. The number of carbonyl (C=O) groups excluding carboxylic acids is 1. The summed E-state index contributed by atoms with van der Waals surface area (Å²) in [6.45, 7) is 0. The fourth-order valence-corrected chi connectivity index (χ4v) is 3.02. The van der Waals surface area contributed by atoms with E-state index in [1.165, 1.54) is 6.21 Å². The van der Waals surface area contributed by atoms with Crippen LogP contribution in [0.4, 0.5) is 0 Å². The van der Waals surface area contributed by atoms with Gasteiger partial charge in [0.2, 0.25) is 0 Å². The molecule has 0 saturated heterocycles. The molecule has 146 valence electrons. The molecule has 4 aromatic rings. The van der Waals surface area contributed by atoms with E-state index in [2.05, 4.69) is 25.7 Å². The molecule has 7 heteroatoms. The van der Waals surface area contributed by atoms with Crippen molar-refractivity contribution >= 4 is 12.1 Å². The van der Waals surface area contributed by atoms with Gasteiger partial charge in [0, 0.05) is 17.3 Å². The maximum Gasteiger partial charge on any atom is 0.277 e. The monoisotopic (exact) mass is 395 g/mol. The lowest BCUT2D eigenvalue weighted by Gasteiger charge is -2.12. The third kappa shape index (κ3) is 4.05. The Labute approximate surface area is 172 Å². The Morgan fingerprint density at radius 3 is 2.23 bits per heavy atom. The largest absolute Gasteiger partial charge is 0.277 e. The molecule has 2 aromatic heterocycles. The van der Waals surface area contributed by atoms with Gasteiger partial charge < -0.3 is 0 Å². The Hall–Kier alpha value is -4.39. The fourth-order valence-electron chi connectivity index (χ4n) is 3.02. The van der Waals surface area contributed by atoms with Crippen LogP contribution >= 0.6 is 0 Å². The van der Waals surface area contributed by atoms with Crippen molar-refractivity contribution in [1.29, 1.82) is 0 Å². The first-order chi connectivity index (χ1) is 14.7. The maximum absolute atomic E-state index is 12.9. The van der Waals surface area contributed by atoms with E-state index in [4.69, 9.17) is 0 Å². The van der Waals surface area contributed by atoms with E-state index in [1.807, 2.05) is 66.7 Å². The lowest BCUT2D eigenvalue weighted by molar-refractivity contribution is 0.0954. The topological polar surface area (TPSA) is 100 Å². The Morgan fingerprint density at radius 1 is 0.900 bits per heavy atom. The van der Waals surface area contributed by atoms with Gasteiger partial charge in [-0.25, -0.2) is 10.5 Å². The van der Waals surface area contributed by atoms with Crippen molar-refractivity contribution in [2.45, 2.75) is 0 Å². The van der Waals surface area contributed by atoms with E-state index >= 15 is 0 Å². The predicted octanol–water partition coefficient (Wildman–Crippen LogP) is 3.26. The van der Waals surface area contributed by atoms with Crippen molar-refractivity contribution in [2.75, 3.05) is 0 Å². The summed E-state index contributed by atoms with van der Waals surface area (Å²) in [4.78, 5) is 29.7. The number of nitrogens with one attached hydrogen (secondary N) is 2. The molecule has 2 heterocycles. The van der Waals surface area contributed by atoms with E-state index in [0.29, 0.717) is 22.5 Å². The van der Waals surface area contributed by atoms with E-state index in [9.17, 15) is 9.59 Å². The number of nitrogens with zero attached hydrogens (tertiary/aromatic N) is 3. The van der Waals surface area contributed by atoms with Gasteiger partial charge in [0.15, 0.2) is 0 Å². The highest BCUT2D eigenvalue weighted by Crippen LogP contribution is 2.31. The van der Waals surface area contributed by atoms with Gasteiger partial charge in [-0.3, -0.25) is 14.6 Å². The lowest BCUT2D eigenvalue weighted by Crippen LogP contribution is -2.28. The fraction of sp³-hybridized carbons (Fsp3) is 0. The quantitative estimate of drug-likeness (QED) is 0.400. The van der Waals surface area contributed by atoms with Crippen molar-refractivity contribution in [3.05, 3.63) is 107 Å². The highest BCUT2D eigenvalue weighted by molar-refractivity contribution is 6.03. The number of rotatable bonds is 5. The first-order valence-corrected chi connectivity index (χ1v) is 9.22. The number of hydrogen-bond donors (Lipinski definition) is 2. The van der Waals surface area contributed by atoms with Crippen molar-refractivity contribution in [3.63, 3.8) is 0 Å². The first-order valence-electron chi connectivity index (χ1n) is 9.22. The van der Waals surface area contributed by atoms with Crippen LogP contribution in [-0.4, -0.2) is 27.3 Å². The average molecular weight is 395 g/mol. The molecular formula is C23H17N5O2. The van der Waals surface area contributed by atoms with Gasteiger partial charge in [0.05, 0.1) is 17.6 Å². The van der Waals surface area contributed by atoms with Gasteiger partial charge in [-0.15, -0.1) is 0 Å². The number of pyridine rings is 1. The second-order valence-corrected chi connectivity index (χ2v) is 6.34. The minimum Gasteiger partial charge on any atom is -0.267 e. The highest BCUT2D eigenvalue weighted by atomic mass is 16.2. The van der Waals surface area contributed by atoms with Gasteiger partial charge in [-0.1, -0.05) is 66.7 Å². The summed E-state index contributed by atoms with van der Waals surface area (Å²) >= 11 is 0. The molecule has 7 nitrogen and oxygen atoms in total. The average Bonchev–Trinajstić information content (AvgIpc) is 2.80. The van der Waals surface area contributed by atoms with Crippen molar-refractivity contribution < 1.29 is 4.79 Å². The summed E-state index contributed by atoms with van der Waals surface area (Å²) < 4.78 is 0. The minimum atomic E-state index is -0.637. The predicted molar refractivity (Wildman–Crippen MR) is 115 cm³/mol. The standard InChI is InChI=1S/C23H17N5O2/c29-22(27-25-15-18-13-7-8-14-24-18)20-19(16-9-3-1-4-10-16)21(26-28-23(20)30)17-11-5-2-6-12-17/h1-15H,(H,27,29)(H,28,30)/b25-15+. The zero-order valence-corrected chi connectivity index (χ0v) is 15.8. The molecule has 4 rings (SSSR count). The Morgan fingerprint density at radius 2 is 1.57 bits per heavy atom. The van der Waals surface area contributed by atoms with Crippen LogP contribution in [-0.2, 0) is 0 Å². The summed E-state index contributed by atoms with van der Waals surface area (Å²) in [7, 11) is 0. The number of H-pyrrole nitrogens is 1. The molecular weight excluding hydrogens is 378 g/mol. The molecule has 0 aliphatic rings. The van der Waals surface area contributed by atoms with Crippen molar-refractivity contribution in [3.8, 4) is 22.4 Å². The Kier molecular flexibility index (Phi) is 5.52. The molecule has 0 aliphatic heterocycles. The van der Waals surface area contributed by atoms with Crippen LogP contribution in [0.25, 0.3) is 22.4 Å². The molecule has 0 unspecified atom stereocenters. The van der Waals surface area contributed by atoms with Crippen LogP contribution in [0.3, 0.4) is 0 Å². The second kappa shape index (κ2) is 8.74. The zero-order valence-electron chi connectivity index (χ0n) is 15.8. The van der Waals surface area contributed by atoms with Crippen LogP contribution in [0.5, 0.6) is 0 Å². The van der Waals surface area contributed by atoms with Gasteiger partial charge in [-0.05, 0) is 17.7 Å². The van der Waals surface area contributed by atoms with Crippen LogP contribution in [0.2, 0.25) is 0 Å². The first kappa shape index (κ1) is 18.9. The normalized spacial score (nSPS) is 10.8. The third-order valence-corrected chi connectivity index (χ3v) is 4.37. The number of benzene rings is 2. The molecule has 0 fully saturated rings. The Bertz CT molecular complexity index is 1240. The van der Waals surface area contributed by atoms with Crippen LogP contribution in [0, 0.1) is 0 Å². The molecule has 0 aliphatic carbocycles. The third-order valence-electron chi connectivity index (χ3n) is 4.37. The molecule has 30 heavy (non-hydrogen) atoms. The maximum atomic E-state index is 12.9. The van der Waals surface area contributed by atoms with Crippen molar-refractivity contribution in [1.82, 2.24) is 20.6 Å². The van der Waals surface area contributed by atoms with Crippen molar-refractivity contribution in [2.24, 2.45) is 5.10 Å². The van der Waals surface area contributed by atoms with E-state index in [0.717, 1.165) is 5.56 Å². The van der Waals surface area contributed by atoms with Crippen LogP contribution < -0.4 is 11.0 Å². The van der Waals surface area contributed by atoms with Crippen LogP contribution in [0.1, 0.15) is 16.1 Å². The van der Waals surface area contributed by atoms with Gasteiger partial charge in [-0.2, -0.15) is 10.2 Å². The summed E-state index contributed by atoms with van der Waals surface area (Å²) in [5, 5.41) is 10.6. The number of amides is 1. The zero-order chi connectivity index (χ0) is 20.8. The Balaban J connectivity index is 1.79. The van der Waals surface area contributed by atoms with E-state index < -0.39 is 11.5 Å². The molecule has 0 saturated carbocycles. The van der Waals surface area contributed by atoms with E-state index in [-0.39, 0.29) is 5.56 Å². The van der Waals surface area contributed by atoms with Gasteiger partial charge in [0.1, 0.15) is 5.56 Å². The highest BCUT2D eigenvalue weighted by Gasteiger charge is 2.22. The van der Waals surface area contributed by atoms with Gasteiger partial charge >= 0.3 is 0 Å². The van der Waals surface area contributed by atoms with Gasteiger partial charge in [0.25, 0.3) is 11.5 Å². The molecule has 0 atom stereocenters. The molecule has 0 bridgehead atoms. The molecule has 1 amide bonds. The SMILES string of the molecule is O=C(N/N=C/c1ccccn1)c1c(-c2ccccc2)c(-c2ccccc2)n[nH]c1=O. The molecule has 2 aromatic carbocycles. The second-order valence-electron chi connectivity index (χ2n) is 6.34. The number of aromatic nitrogens is 3. The molecule has 0 radical (unpaired) electrons. The lowest BCUT2D eigenvalue weighted by atomic mass is 9.95. The molecule has 0 spiro atoms. The smallest absolute Gasteiger partial charge is 0.267 e.